The van der Waals surface area contributed by atoms with Crippen LogP contribution in [0, 0.1) is 6.92 Å². The molecule has 0 spiro atoms. The van der Waals surface area contributed by atoms with Crippen molar-refractivity contribution in [3.8, 4) is 0 Å². The molecule has 0 bridgehead atoms. The molecular weight excluding hydrogens is 310 g/mol. The molecule has 0 fully saturated rings. The number of carbonyl (C=O) groups is 1. The Bertz CT molecular complexity index is 892. The van der Waals surface area contributed by atoms with Gasteiger partial charge in [0.15, 0.2) is 9.84 Å². The maximum Gasteiger partial charge on any atom is 0.252 e. The minimum Gasteiger partial charge on any atom is -0.348 e. The van der Waals surface area contributed by atoms with Crippen LogP contribution in [0.2, 0.25) is 0 Å². The molecule has 0 saturated carbocycles. The SMILES string of the molecule is Cc1ccc(C2=C(c3ccc(S(C)(=O)=O)cc3)CNC2=O)cc1. The Kier molecular flexibility index (Phi) is 3.82. The van der Waals surface area contributed by atoms with Gasteiger partial charge in [0.05, 0.1) is 10.5 Å². The molecule has 0 aliphatic carbocycles. The van der Waals surface area contributed by atoms with Gasteiger partial charge in [-0.3, -0.25) is 4.79 Å². The minimum atomic E-state index is -3.22. The van der Waals surface area contributed by atoms with Crippen LogP contribution in [0.4, 0.5) is 0 Å². The first-order valence-electron chi connectivity index (χ1n) is 7.25. The molecule has 1 N–H and O–H groups in total. The van der Waals surface area contributed by atoms with Crippen molar-refractivity contribution in [2.75, 3.05) is 12.8 Å². The zero-order valence-electron chi connectivity index (χ0n) is 13.0. The predicted octanol–water partition coefficient (Wildman–Crippen LogP) is 2.44. The molecular formula is C18H17NO3S. The van der Waals surface area contributed by atoms with Gasteiger partial charge in [-0.25, -0.2) is 8.42 Å². The van der Waals surface area contributed by atoms with Gasteiger partial charge in [-0.15, -0.1) is 0 Å². The van der Waals surface area contributed by atoms with Crippen LogP contribution in [0.15, 0.2) is 53.4 Å². The van der Waals surface area contributed by atoms with Gasteiger partial charge in [0.2, 0.25) is 0 Å². The van der Waals surface area contributed by atoms with E-state index in [4.69, 9.17) is 0 Å². The molecule has 23 heavy (non-hydrogen) atoms. The van der Waals surface area contributed by atoms with Crippen molar-refractivity contribution < 1.29 is 13.2 Å². The second-order valence-electron chi connectivity index (χ2n) is 5.70. The lowest BCUT2D eigenvalue weighted by Gasteiger charge is -2.07. The summed E-state index contributed by atoms with van der Waals surface area (Å²) >= 11 is 0. The topological polar surface area (TPSA) is 63.2 Å². The maximum atomic E-state index is 12.2. The number of hydrogen-bond acceptors (Lipinski definition) is 3. The summed E-state index contributed by atoms with van der Waals surface area (Å²) in [4.78, 5) is 12.5. The van der Waals surface area contributed by atoms with Gasteiger partial charge in [0.1, 0.15) is 0 Å². The molecule has 2 aromatic carbocycles. The van der Waals surface area contributed by atoms with Gasteiger partial charge in [0, 0.05) is 12.8 Å². The Labute approximate surface area is 135 Å². The van der Waals surface area contributed by atoms with Crippen molar-refractivity contribution in [1.82, 2.24) is 5.32 Å². The summed E-state index contributed by atoms with van der Waals surface area (Å²) in [5.74, 6) is -0.101. The zero-order chi connectivity index (χ0) is 16.6. The highest BCUT2D eigenvalue weighted by atomic mass is 32.2. The molecule has 2 aromatic rings. The third kappa shape index (κ3) is 3.05. The Balaban J connectivity index is 2.08. The van der Waals surface area contributed by atoms with Crippen LogP contribution in [0.1, 0.15) is 16.7 Å². The number of nitrogens with one attached hydrogen (secondary N) is 1. The van der Waals surface area contributed by atoms with E-state index in [1.165, 1.54) is 6.26 Å². The first-order chi connectivity index (χ1) is 10.9. The van der Waals surface area contributed by atoms with Crippen molar-refractivity contribution in [1.29, 1.82) is 0 Å². The van der Waals surface area contributed by atoms with E-state index in [1.54, 1.807) is 24.3 Å². The summed E-state index contributed by atoms with van der Waals surface area (Å²) in [5, 5.41) is 2.84. The number of carbonyl (C=O) groups excluding carboxylic acids is 1. The molecule has 3 rings (SSSR count). The van der Waals surface area contributed by atoms with E-state index in [0.29, 0.717) is 12.1 Å². The van der Waals surface area contributed by atoms with Crippen LogP contribution < -0.4 is 5.32 Å². The van der Waals surface area contributed by atoms with Gasteiger partial charge in [-0.2, -0.15) is 0 Å². The Morgan fingerprint density at radius 3 is 2.04 bits per heavy atom. The maximum absolute atomic E-state index is 12.2. The Hall–Kier alpha value is -2.40. The quantitative estimate of drug-likeness (QED) is 0.942. The summed E-state index contributed by atoms with van der Waals surface area (Å²) in [6.45, 7) is 2.44. The van der Waals surface area contributed by atoms with Crippen LogP contribution in [0.5, 0.6) is 0 Å². The van der Waals surface area contributed by atoms with Crippen LogP contribution in [-0.4, -0.2) is 27.1 Å². The Morgan fingerprint density at radius 1 is 0.913 bits per heavy atom. The minimum absolute atomic E-state index is 0.101. The second-order valence-corrected chi connectivity index (χ2v) is 7.71. The van der Waals surface area contributed by atoms with E-state index in [9.17, 15) is 13.2 Å². The van der Waals surface area contributed by atoms with E-state index in [0.717, 1.165) is 22.3 Å². The summed E-state index contributed by atoms with van der Waals surface area (Å²) in [7, 11) is -3.22. The molecule has 5 heteroatoms. The summed E-state index contributed by atoms with van der Waals surface area (Å²) in [5.41, 5.74) is 4.39. The van der Waals surface area contributed by atoms with Gasteiger partial charge in [0.25, 0.3) is 5.91 Å². The number of sulfone groups is 1. The largest absolute Gasteiger partial charge is 0.348 e. The molecule has 1 aliphatic heterocycles. The predicted molar refractivity (Wildman–Crippen MR) is 90.6 cm³/mol. The van der Waals surface area contributed by atoms with Crippen LogP contribution in [0.3, 0.4) is 0 Å². The fourth-order valence-electron chi connectivity index (χ4n) is 2.66. The average molecular weight is 327 g/mol. The van der Waals surface area contributed by atoms with E-state index >= 15 is 0 Å². The van der Waals surface area contributed by atoms with Crippen molar-refractivity contribution in [2.45, 2.75) is 11.8 Å². The lowest BCUT2D eigenvalue weighted by Crippen LogP contribution is -2.16. The molecule has 0 aromatic heterocycles. The number of amides is 1. The number of aryl methyl sites for hydroxylation is 1. The number of hydrogen-bond donors (Lipinski definition) is 1. The molecule has 118 valence electrons. The fraction of sp³-hybridized carbons (Fsp3) is 0.167. The van der Waals surface area contributed by atoms with Crippen LogP contribution >= 0.6 is 0 Å². The Morgan fingerprint density at radius 2 is 1.48 bits per heavy atom. The third-order valence-corrected chi connectivity index (χ3v) is 5.05. The molecule has 1 aliphatic rings. The van der Waals surface area contributed by atoms with E-state index in [2.05, 4.69) is 5.32 Å². The highest BCUT2D eigenvalue weighted by Crippen LogP contribution is 2.30. The first kappa shape index (κ1) is 15.5. The number of rotatable bonds is 3. The molecule has 4 nitrogen and oxygen atoms in total. The van der Waals surface area contributed by atoms with Crippen molar-refractivity contribution in [3.63, 3.8) is 0 Å². The van der Waals surface area contributed by atoms with Crippen molar-refractivity contribution in [2.24, 2.45) is 0 Å². The molecule has 0 saturated heterocycles. The van der Waals surface area contributed by atoms with Crippen molar-refractivity contribution in [3.05, 3.63) is 65.2 Å². The monoisotopic (exact) mass is 327 g/mol. The summed E-state index contributed by atoms with van der Waals surface area (Å²) < 4.78 is 23.1. The zero-order valence-corrected chi connectivity index (χ0v) is 13.8. The van der Waals surface area contributed by atoms with E-state index in [-0.39, 0.29) is 10.8 Å². The van der Waals surface area contributed by atoms with Gasteiger partial charge in [-0.05, 0) is 35.8 Å². The molecule has 1 amide bonds. The lowest BCUT2D eigenvalue weighted by atomic mass is 9.96. The molecule has 0 unspecified atom stereocenters. The average Bonchev–Trinajstić information content (AvgIpc) is 2.89. The standard InChI is InChI=1S/C18H17NO3S/c1-12-3-5-14(6-4-12)17-16(11-19-18(17)20)13-7-9-15(10-8-13)23(2,21)22/h3-10H,11H2,1-2H3,(H,19,20). The molecule has 1 heterocycles. The smallest absolute Gasteiger partial charge is 0.252 e. The highest BCUT2D eigenvalue weighted by Gasteiger charge is 2.25. The normalized spacial score (nSPS) is 15.0. The lowest BCUT2D eigenvalue weighted by molar-refractivity contribution is -0.114. The van der Waals surface area contributed by atoms with E-state index in [1.807, 2.05) is 31.2 Å². The van der Waals surface area contributed by atoms with Gasteiger partial charge >= 0.3 is 0 Å². The van der Waals surface area contributed by atoms with Crippen LogP contribution in [-0.2, 0) is 14.6 Å². The van der Waals surface area contributed by atoms with Crippen LogP contribution in [0.25, 0.3) is 11.1 Å². The fourth-order valence-corrected chi connectivity index (χ4v) is 3.29. The van der Waals surface area contributed by atoms with Gasteiger partial charge < -0.3 is 5.32 Å². The van der Waals surface area contributed by atoms with Gasteiger partial charge in [-0.1, -0.05) is 42.0 Å². The van der Waals surface area contributed by atoms with E-state index < -0.39 is 9.84 Å². The second kappa shape index (κ2) is 5.66. The summed E-state index contributed by atoms with van der Waals surface area (Å²) in [6, 6.07) is 14.5. The van der Waals surface area contributed by atoms with Crippen molar-refractivity contribution >= 4 is 26.9 Å². The summed E-state index contributed by atoms with van der Waals surface area (Å²) in [6.07, 6.45) is 1.18. The number of benzene rings is 2. The molecule has 0 atom stereocenters. The molecule has 0 radical (unpaired) electrons. The first-order valence-corrected chi connectivity index (χ1v) is 9.14. The third-order valence-electron chi connectivity index (χ3n) is 3.93. The highest BCUT2D eigenvalue weighted by molar-refractivity contribution is 7.90.